The van der Waals surface area contributed by atoms with Crippen LogP contribution in [0.25, 0.3) is 11.4 Å². The Hall–Kier alpha value is -2.55. The van der Waals surface area contributed by atoms with E-state index in [0.29, 0.717) is 41.7 Å². The Labute approximate surface area is 173 Å². The van der Waals surface area contributed by atoms with Gasteiger partial charge >= 0.3 is 0 Å². The Bertz CT molecular complexity index is 1170. The second kappa shape index (κ2) is 7.70. The van der Waals surface area contributed by atoms with Crippen molar-refractivity contribution in [2.75, 3.05) is 18.1 Å². The fourth-order valence-corrected chi connectivity index (χ4v) is 4.33. The van der Waals surface area contributed by atoms with E-state index in [2.05, 4.69) is 15.3 Å². The van der Waals surface area contributed by atoms with Gasteiger partial charge in [-0.25, -0.2) is 17.8 Å². The fraction of sp³-hybridized carbons (Fsp3) is 0.200. The molecule has 0 radical (unpaired) electrons. The van der Waals surface area contributed by atoms with Crippen LogP contribution in [0.4, 0.5) is 15.9 Å². The van der Waals surface area contributed by atoms with Gasteiger partial charge in [0.2, 0.25) is 10.0 Å². The molecule has 1 aromatic carbocycles. The first-order valence-corrected chi connectivity index (χ1v) is 11.2. The average molecular weight is 433 g/mol. The quantitative estimate of drug-likeness (QED) is 0.674. The van der Waals surface area contributed by atoms with Crippen LogP contribution in [-0.4, -0.2) is 35.5 Å². The van der Waals surface area contributed by atoms with Gasteiger partial charge in [-0.1, -0.05) is 23.7 Å². The number of rotatable bonds is 4. The van der Waals surface area contributed by atoms with Crippen LogP contribution in [0, 0.1) is 5.82 Å². The number of aromatic nitrogens is 2. The zero-order chi connectivity index (χ0) is 20.6. The van der Waals surface area contributed by atoms with E-state index in [4.69, 9.17) is 11.6 Å². The molecule has 3 heterocycles. The first-order valence-electron chi connectivity index (χ1n) is 8.92. The highest BCUT2D eigenvalue weighted by molar-refractivity contribution is 7.88. The summed E-state index contributed by atoms with van der Waals surface area (Å²) in [5.74, 6) is 0.132. The van der Waals surface area contributed by atoms with Crippen LogP contribution in [0.2, 0.25) is 5.02 Å². The summed E-state index contributed by atoms with van der Waals surface area (Å²) in [5.41, 5.74) is 3.80. The lowest BCUT2D eigenvalue weighted by molar-refractivity contribution is 0.395. The fourth-order valence-electron chi connectivity index (χ4n) is 3.33. The zero-order valence-electron chi connectivity index (χ0n) is 15.6. The summed E-state index contributed by atoms with van der Waals surface area (Å²) in [5, 5.41) is 3.71. The summed E-state index contributed by atoms with van der Waals surface area (Å²) in [6, 6.07) is 12.0. The SMILES string of the molecule is CS(=O)(=O)N1CCc2c(cccc2Nc2ccc(Cl)c(-c3ccc(F)cn3)n2)C1. The molecule has 0 unspecified atom stereocenters. The molecule has 9 heteroatoms. The number of fused-ring (bicyclic) bond motifs is 1. The highest BCUT2D eigenvalue weighted by atomic mass is 35.5. The third-order valence-electron chi connectivity index (χ3n) is 4.78. The predicted molar refractivity (Wildman–Crippen MR) is 111 cm³/mol. The number of nitrogens with one attached hydrogen (secondary N) is 1. The molecule has 29 heavy (non-hydrogen) atoms. The Kier molecular flexibility index (Phi) is 5.24. The summed E-state index contributed by atoms with van der Waals surface area (Å²) in [6.07, 6.45) is 2.95. The monoisotopic (exact) mass is 432 g/mol. The van der Waals surface area contributed by atoms with E-state index in [0.717, 1.165) is 23.0 Å². The van der Waals surface area contributed by atoms with E-state index in [9.17, 15) is 12.8 Å². The molecule has 0 saturated carbocycles. The lowest BCUT2D eigenvalue weighted by Crippen LogP contribution is -2.35. The Morgan fingerprint density at radius 1 is 1.17 bits per heavy atom. The van der Waals surface area contributed by atoms with E-state index < -0.39 is 15.8 Å². The van der Waals surface area contributed by atoms with Crippen molar-refractivity contribution in [3.8, 4) is 11.4 Å². The zero-order valence-corrected chi connectivity index (χ0v) is 17.1. The molecule has 2 aromatic heterocycles. The highest BCUT2D eigenvalue weighted by Gasteiger charge is 2.24. The number of anilines is 2. The maximum Gasteiger partial charge on any atom is 0.211 e. The second-order valence-corrected chi connectivity index (χ2v) is 9.19. The summed E-state index contributed by atoms with van der Waals surface area (Å²) in [7, 11) is -3.23. The van der Waals surface area contributed by atoms with Gasteiger partial charge in [-0.3, -0.25) is 4.98 Å². The van der Waals surface area contributed by atoms with Crippen molar-refractivity contribution in [1.29, 1.82) is 0 Å². The minimum atomic E-state index is -3.23. The van der Waals surface area contributed by atoms with E-state index in [1.54, 1.807) is 12.1 Å². The molecule has 4 rings (SSSR count). The van der Waals surface area contributed by atoms with Gasteiger partial charge in [0.15, 0.2) is 0 Å². The van der Waals surface area contributed by atoms with Gasteiger partial charge in [-0.2, -0.15) is 4.31 Å². The van der Waals surface area contributed by atoms with Crippen molar-refractivity contribution < 1.29 is 12.8 Å². The molecular weight excluding hydrogens is 415 g/mol. The lowest BCUT2D eigenvalue weighted by Gasteiger charge is -2.28. The van der Waals surface area contributed by atoms with Crippen LogP contribution in [-0.2, 0) is 23.0 Å². The second-order valence-electron chi connectivity index (χ2n) is 6.80. The first-order chi connectivity index (χ1) is 13.8. The molecule has 1 aliphatic rings. The minimum Gasteiger partial charge on any atom is -0.340 e. The van der Waals surface area contributed by atoms with Gasteiger partial charge < -0.3 is 5.32 Å². The van der Waals surface area contributed by atoms with Crippen molar-refractivity contribution >= 4 is 33.1 Å². The van der Waals surface area contributed by atoms with E-state index in [1.165, 1.54) is 22.7 Å². The van der Waals surface area contributed by atoms with Crippen LogP contribution < -0.4 is 5.32 Å². The topological polar surface area (TPSA) is 75.2 Å². The van der Waals surface area contributed by atoms with Gasteiger partial charge in [0, 0.05) is 18.8 Å². The predicted octanol–water partition coefficient (Wildman–Crippen LogP) is 4.00. The molecule has 3 aromatic rings. The maximum absolute atomic E-state index is 13.2. The number of sulfonamides is 1. The van der Waals surface area contributed by atoms with E-state index >= 15 is 0 Å². The number of pyridine rings is 2. The summed E-state index contributed by atoms with van der Waals surface area (Å²) >= 11 is 6.26. The Morgan fingerprint density at radius 3 is 2.72 bits per heavy atom. The van der Waals surface area contributed by atoms with Crippen LogP contribution in [0.3, 0.4) is 0 Å². The van der Waals surface area contributed by atoms with Crippen molar-refractivity contribution in [2.45, 2.75) is 13.0 Å². The smallest absolute Gasteiger partial charge is 0.211 e. The summed E-state index contributed by atoms with van der Waals surface area (Å²) in [6.45, 7) is 0.784. The molecule has 0 bridgehead atoms. The van der Waals surface area contributed by atoms with Crippen molar-refractivity contribution in [3.05, 3.63) is 70.6 Å². The molecule has 6 nitrogen and oxygen atoms in total. The average Bonchev–Trinajstić information content (AvgIpc) is 2.69. The summed E-state index contributed by atoms with van der Waals surface area (Å²) in [4.78, 5) is 8.58. The molecule has 150 valence electrons. The molecular formula is C20H18ClFN4O2S. The van der Waals surface area contributed by atoms with Crippen LogP contribution in [0.15, 0.2) is 48.7 Å². The van der Waals surface area contributed by atoms with Gasteiger partial charge in [-0.05, 0) is 47.9 Å². The molecule has 0 saturated heterocycles. The van der Waals surface area contributed by atoms with E-state index in [1.807, 2.05) is 18.2 Å². The van der Waals surface area contributed by atoms with Crippen molar-refractivity contribution in [3.63, 3.8) is 0 Å². The summed E-state index contributed by atoms with van der Waals surface area (Å²) < 4.78 is 38.3. The Balaban J connectivity index is 1.64. The van der Waals surface area contributed by atoms with E-state index in [-0.39, 0.29) is 0 Å². The van der Waals surface area contributed by atoms with Gasteiger partial charge in [-0.15, -0.1) is 0 Å². The number of nitrogens with zero attached hydrogens (tertiary/aromatic N) is 3. The molecule has 1 aliphatic heterocycles. The first kappa shape index (κ1) is 19.8. The highest BCUT2D eigenvalue weighted by Crippen LogP contribution is 2.31. The Morgan fingerprint density at radius 2 is 2.00 bits per heavy atom. The molecule has 0 aliphatic carbocycles. The van der Waals surface area contributed by atoms with Crippen molar-refractivity contribution in [1.82, 2.24) is 14.3 Å². The van der Waals surface area contributed by atoms with Crippen molar-refractivity contribution in [2.24, 2.45) is 0 Å². The third-order valence-corrected chi connectivity index (χ3v) is 6.33. The molecule has 0 fully saturated rings. The third kappa shape index (κ3) is 4.24. The molecule has 0 spiro atoms. The van der Waals surface area contributed by atoms with Gasteiger partial charge in [0.1, 0.15) is 17.3 Å². The number of hydrogen-bond donors (Lipinski definition) is 1. The standard InChI is InChI=1S/C20H18ClFN4O2S/c1-29(27,28)26-10-9-15-13(12-26)3-2-4-17(15)24-19-8-6-16(21)20(25-19)18-7-5-14(22)11-23-18/h2-8,11H,9-10,12H2,1H3,(H,24,25). The van der Waals surface area contributed by atoms with Gasteiger partial charge in [0.25, 0.3) is 0 Å². The van der Waals surface area contributed by atoms with Gasteiger partial charge in [0.05, 0.1) is 23.2 Å². The molecule has 0 atom stereocenters. The number of halogens is 2. The number of hydrogen-bond acceptors (Lipinski definition) is 5. The maximum atomic E-state index is 13.2. The van der Waals surface area contributed by atoms with Crippen LogP contribution >= 0.6 is 11.6 Å². The molecule has 1 N–H and O–H groups in total. The lowest BCUT2D eigenvalue weighted by atomic mass is 9.99. The van der Waals surface area contributed by atoms with Crippen LogP contribution in [0.5, 0.6) is 0 Å². The normalized spacial score (nSPS) is 14.4. The minimum absolute atomic E-state index is 0.350. The number of benzene rings is 1. The van der Waals surface area contributed by atoms with Crippen LogP contribution in [0.1, 0.15) is 11.1 Å². The largest absolute Gasteiger partial charge is 0.340 e. The molecule has 0 amide bonds.